The Balaban J connectivity index is 2.21. The summed E-state index contributed by atoms with van der Waals surface area (Å²) in [6.45, 7) is 5.65. The fourth-order valence-electron chi connectivity index (χ4n) is 3.99. The van der Waals surface area contributed by atoms with Crippen molar-refractivity contribution >= 4 is 11.6 Å². The molecule has 0 heterocycles. The smallest absolute Gasteiger partial charge is 0.0400 e. The van der Waals surface area contributed by atoms with Crippen molar-refractivity contribution in [1.29, 1.82) is 0 Å². The molecule has 0 amide bonds. The molecular weight excluding hydrogens is 194 g/mol. The summed E-state index contributed by atoms with van der Waals surface area (Å²) < 4.78 is 0. The summed E-state index contributed by atoms with van der Waals surface area (Å²) in [5.74, 6) is 0.864. The normalized spacial score (nSPS) is 44.6. The summed E-state index contributed by atoms with van der Waals surface area (Å²) >= 11 is 6.54. The maximum atomic E-state index is 6.54. The summed E-state index contributed by atoms with van der Waals surface area (Å²) in [7, 11) is 0. The standard InChI is InChI=1S/C12H22ClN/c1-11(2)9-4-6-12(11,5-3-7-14)10(13)8-9/h9-10H,3-8,14H2,1-2H3/t9-,10+,12+/m0/s1. The fourth-order valence-corrected chi connectivity index (χ4v) is 4.71. The molecule has 0 saturated heterocycles. The van der Waals surface area contributed by atoms with Gasteiger partial charge in [0.05, 0.1) is 0 Å². The largest absolute Gasteiger partial charge is 0.330 e. The quantitative estimate of drug-likeness (QED) is 0.720. The van der Waals surface area contributed by atoms with E-state index in [0.29, 0.717) is 16.2 Å². The van der Waals surface area contributed by atoms with Crippen molar-refractivity contribution in [2.24, 2.45) is 22.5 Å². The first-order chi connectivity index (χ1) is 6.54. The number of hydrogen-bond acceptors (Lipinski definition) is 1. The lowest BCUT2D eigenvalue weighted by atomic mass is 9.66. The second kappa shape index (κ2) is 3.38. The van der Waals surface area contributed by atoms with E-state index in [4.69, 9.17) is 17.3 Å². The highest BCUT2D eigenvalue weighted by atomic mass is 35.5. The molecule has 2 aliphatic carbocycles. The summed E-state index contributed by atoms with van der Waals surface area (Å²) in [6.07, 6.45) is 6.33. The van der Waals surface area contributed by atoms with E-state index in [2.05, 4.69) is 13.8 Å². The molecule has 2 aliphatic rings. The van der Waals surface area contributed by atoms with E-state index >= 15 is 0 Å². The van der Waals surface area contributed by atoms with E-state index in [1.165, 1.54) is 25.7 Å². The van der Waals surface area contributed by atoms with Gasteiger partial charge in [0.15, 0.2) is 0 Å². The van der Waals surface area contributed by atoms with Crippen molar-refractivity contribution in [3.05, 3.63) is 0 Å². The maximum absolute atomic E-state index is 6.54. The lowest BCUT2D eigenvalue weighted by Crippen LogP contribution is -2.36. The second-order valence-corrected chi connectivity index (χ2v) is 6.24. The van der Waals surface area contributed by atoms with Crippen LogP contribution in [-0.4, -0.2) is 11.9 Å². The van der Waals surface area contributed by atoms with Crippen LogP contribution in [0.25, 0.3) is 0 Å². The molecule has 14 heavy (non-hydrogen) atoms. The zero-order valence-corrected chi connectivity index (χ0v) is 10.1. The molecule has 0 aliphatic heterocycles. The van der Waals surface area contributed by atoms with Crippen molar-refractivity contribution in [3.63, 3.8) is 0 Å². The topological polar surface area (TPSA) is 26.0 Å². The van der Waals surface area contributed by atoms with Gasteiger partial charge >= 0.3 is 0 Å². The Labute approximate surface area is 92.4 Å². The first-order valence-electron chi connectivity index (χ1n) is 5.89. The third kappa shape index (κ3) is 1.18. The van der Waals surface area contributed by atoms with Crippen LogP contribution in [0.3, 0.4) is 0 Å². The third-order valence-electron chi connectivity index (χ3n) is 5.16. The van der Waals surface area contributed by atoms with Crippen LogP contribution in [0, 0.1) is 16.7 Å². The van der Waals surface area contributed by atoms with Gasteiger partial charge < -0.3 is 5.73 Å². The zero-order chi connectivity index (χ0) is 10.4. The lowest BCUT2D eigenvalue weighted by molar-refractivity contribution is 0.117. The molecule has 2 bridgehead atoms. The van der Waals surface area contributed by atoms with Crippen molar-refractivity contribution in [1.82, 2.24) is 0 Å². The Morgan fingerprint density at radius 1 is 1.43 bits per heavy atom. The minimum Gasteiger partial charge on any atom is -0.330 e. The molecule has 0 spiro atoms. The summed E-state index contributed by atoms with van der Waals surface area (Å²) in [5, 5.41) is 0.405. The Bertz CT molecular complexity index is 226. The number of hydrogen-bond donors (Lipinski definition) is 1. The Morgan fingerprint density at radius 3 is 2.57 bits per heavy atom. The highest BCUT2D eigenvalue weighted by molar-refractivity contribution is 6.21. The van der Waals surface area contributed by atoms with Crippen LogP contribution >= 0.6 is 11.6 Å². The van der Waals surface area contributed by atoms with Gasteiger partial charge in [-0.3, -0.25) is 0 Å². The van der Waals surface area contributed by atoms with Gasteiger partial charge in [-0.2, -0.15) is 0 Å². The summed E-state index contributed by atoms with van der Waals surface area (Å²) in [6, 6.07) is 0. The molecule has 2 rings (SSSR count). The van der Waals surface area contributed by atoms with Crippen molar-refractivity contribution in [3.8, 4) is 0 Å². The van der Waals surface area contributed by atoms with Gasteiger partial charge in [0.2, 0.25) is 0 Å². The second-order valence-electron chi connectivity index (χ2n) is 5.71. The fraction of sp³-hybridized carbons (Fsp3) is 1.00. The molecular formula is C12H22ClN. The SMILES string of the molecule is CC1(C)[C@H]2CC[C@]1(CCCN)[C@H](Cl)C2. The highest BCUT2D eigenvalue weighted by Crippen LogP contribution is 2.68. The van der Waals surface area contributed by atoms with Crippen molar-refractivity contribution in [2.75, 3.05) is 6.54 Å². The molecule has 2 saturated carbocycles. The number of fused-ring (bicyclic) bond motifs is 2. The average Bonchev–Trinajstić information content (AvgIpc) is 2.48. The molecule has 1 nitrogen and oxygen atoms in total. The van der Waals surface area contributed by atoms with E-state index in [1.54, 1.807) is 0 Å². The molecule has 0 unspecified atom stereocenters. The van der Waals surface area contributed by atoms with Gasteiger partial charge in [-0.15, -0.1) is 11.6 Å². The van der Waals surface area contributed by atoms with Crippen LogP contribution in [-0.2, 0) is 0 Å². The molecule has 0 aromatic rings. The Hall–Kier alpha value is 0.250. The number of rotatable bonds is 3. The van der Waals surface area contributed by atoms with E-state index in [9.17, 15) is 0 Å². The van der Waals surface area contributed by atoms with Crippen LogP contribution < -0.4 is 5.73 Å². The van der Waals surface area contributed by atoms with Crippen molar-refractivity contribution in [2.45, 2.75) is 51.3 Å². The highest BCUT2D eigenvalue weighted by Gasteiger charge is 2.62. The summed E-state index contributed by atoms with van der Waals surface area (Å²) in [5.41, 5.74) is 6.48. The number of alkyl halides is 1. The van der Waals surface area contributed by atoms with Gasteiger partial charge in [0.25, 0.3) is 0 Å². The van der Waals surface area contributed by atoms with Gasteiger partial charge in [0, 0.05) is 5.38 Å². The van der Waals surface area contributed by atoms with Crippen LogP contribution in [0.1, 0.15) is 46.0 Å². The minimum absolute atomic E-state index is 0.401. The van der Waals surface area contributed by atoms with Crippen LogP contribution in [0.15, 0.2) is 0 Å². The number of nitrogens with two attached hydrogens (primary N) is 1. The van der Waals surface area contributed by atoms with Crippen LogP contribution in [0.4, 0.5) is 0 Å². The van der Waals surface area contributed by atoms with Gasteiger partial charge in [-0.25, -0.2) is 0 Å². The first-order valence-corrected chi connectivity index (χ1v) is 6.32. The van der Waals surface area contributed by atoms with Gasteiger partial charge in [-0.1, -0.05) is 13.8 Å². The minimum atomic E-state index is 0.401. The van der Waals surface area contributed by atoms with Crippen molar-refractivity contribution < 1.29 is 0 Å². The molecule has 2 N–H and O–H groups in total. The van der Waals surface area contributed by atoms with E-state index in [1.807, 2.05) is 0 Å². The molecule has 2 heteroatoms. The Morgan fingerprint density at radius 2 is 2.14 bits per heavy atom. The number of halogens is 1. The third-order valence-corrected chi connectivity index (χ3v) is 5.76. The Kier molecular flexibility index (Phi) is 2.60. The molecule has 0 aromatic carbocycles. The first kappa shape index (κ1) is 10.8. The monoisotopic (exact) mass is 215 g/mol. The van der Waals surface area contributed by atoms with Crippen LogP contribution in [0.2, 0.25) is 0 Å². The van der Waals surface area contributed by atoms with E-state index < -0.39 is 0 Å². The van der Waals surface area contributed by atoms with E-state index in [-0.39, 0.29) is 0 Å². The summed E-state index contributed by atoms with van der Waals surface area (Å²) in [4.78, 5) is 0. The lowest BCUT2D eigenvalue weighted by Gasteiger charge is -2.40. The molecule has 3 atom stereocenters. The molecule has 82 valence electrons. The molecule has 2 fully saturated rings. The van der Waals surface area contributed by atoms with E-state index in [0.717, 1.165) is 18.9 Å². The van der Waals surface area contributed by atoms with Gasteiger partial charge in [-0.05, 0) is 55.4 Å². The predicted octanol–water partition coefficient (Wildman–Crippen LogP) is 3.16. The average molecular weight is 216 g/mol. The maximum Gasteiger partial charge on any atom is 0.0400 e. The molecule has 0 aromatic heterocycles. The predicted molar refractivity (Wildman–Crippen MR) is 61.5 cm³/mol. The van der Waals surface area contributed by atoms with Crippen LogP contribution in [0.5, 0.6) is 0 Å². The van der Waals surface area contributed by atoms with Gasteiger partial charge in [0.1, 0.15) is 0 Å². The zero-order valence-electron chi connectivity index (χ0n) is 9.35. The molecule has 0 radical (unpaired) electrons.